The highest BCUT2D eigenvalue weighted by Gasteiger charge is 2.32. The second-order valence-corrected chi connectivity index (χ2v) is 5.58. The molecule has 6 heteroatoms. The lowest BCUT2D eigenvalue weighted by molar-refractivity contribution is -0.126. The molecule has 0 atom stereocenters. The number of carboxylic acids is 1. The summed E-state index contributed by atoms with van der Waals surface area (Å²) in [5.41, 5.74) is -0.0416. The Labute approximate surface area is 134 Å². The molecule has 1 heterocycles. The summed E-state index contributed by atoms with van der Waals surface area (Å²) < 4.78 is 10.4. The van der Waals surface area contributed by atoms with E-state index in [1.54, 1.807) is 27.0 Å². The lowest BCUT2D eigenvalue weighted by Gasteiger charge is -2.25. The van der Waals surface area contributed by atoms with Crippen LogP contribution in [0.15, 0.2) is 40.8 Å². The van der Waals surface area contributed by atoms with Gasteiger partial charge < -0.3 is 19.6 Å². The minimum atomic E-state index is -1.14. The highest BCUT2D eigenvalue weighted by atomic mass is 16.5. The van der Waals surface area contributed by atoms with Gasteiger partial charge in [-0.2, -0.15) is 0 Å². The Morgan fingerprint density at radius 1 is 1.22 bits per heavy atom. The monoisotopic (exact) mass is 317 g/mol. The fourth-order valence-electron chi connectivity index (χ4n) is 2.26. The number of amides is 1. The predicted molar refractivity (Wildman–Crippen MR) is 83.5 cm³/mol. The van der Waals surface area contributed by atoms with Gasteiger partial charge in [0.2, 0.25) is 11.7 Å². The molecular weight excluding hydrogens is 298 g/mol. The average Bonchev–Trinajstić information content (AvgIpc) is 3.01. The van der Waals surface area contributed by atoms with Crippen LogP contribution in [-0.4, -0.2) is 24.1 Å². The molecular formula is C17H19NO5. The second kappa shape index (κ2) is 6.56. The van der Waals surface area contributed by atoms with Crippen LogP contribution in [0.4, 0.5) is 0 Å². The molecule has 0 aliphatic rings. The Morgan fingerprint density at radius 2 is 1.91 bits per heavy atom. The van der Waals surface area contributed by atoms with Gasteiger partial charge in [-0.1, -0.05) is 18.2 Å². The number of ether oxygens (including phenoxy) is 1. The number of para-hydroxylation sites is 1. The van der Waals surface area contributed by atoms with E-state index in [-0.39, 0.29) is 18.2 Å². The third-order valence-electron chi connectivity index (χ3n) is 3.64. The zero-order chi connectivity index (χ0) is 17.0. The number of carbonyl (C=O) groups is 2. The third kappa shape index (κ3) is 3.53. The van der Waals surface area contributed by atoms with Gasteiger partial charge in [0.05, 0.1) is 19.1 Å². The molecule has 2 aromatic rings. The largest absolute Gasteiger partial charge is 0.496 e. The molecule has 0 fully saturated rings. The molecule has 0 unspecified atom stereocenters. The van der Waals surface area contributed by atoms with Crippen molar-refractivity contribution in [3.63, 3.8) is 0 Å². The van der Waals surface area contributed by atoms with E-state index in [9.17, 15) is 9.59 Å². The van der Waals surface area contributed by atoms with Crippen LogP contribution in [0.1, 0.15) is 35.7 Å². The van der Waals surface area contributed by atoms with Crippen molar-refractivity contribution >= 4 is 11.9 Å². The van der Waals surface area contributed by atoms with Crippen molar-refractivity contribution in [3.05, 3.63) is 53.5 Å². The van der Waals surface area contributed by atoms with E-state index in [4.69, 9.17) is 14.3 Å². The maximum atomic E-state index is 12.5. The van der Waals surface area contributed by atoms with Crippen molar-refractivity contribution in [1.82, 2.24) is 5.32 Å². The van der Waals surface area contributed by atoms with Crippen molar-refractivity contribution in [3.8, 4) is 5.75 Å². The minimum Gasteiger partial charge on any atom is -0.496 e. The SMILES string of the molecule is COc1ccccc1C(C)(C)C(=O)NCc1ccc(C(=O)O)o1. The lowest BCUT2D eigenvalue weighted by Crippen LogP contribution is -2.39. The fraction of sp³-hybridized carbons (Fsp3) is 0.294. The lowest BCUT2D eigenvalue weighted by atomic mass is 9.83. The Balaban J connectivity index is 2.10. The molecule has 1 aromatic heterocycles. The van der Waals surface area contributed by atoms with Crippen molar-refractivity contribution in [1.29, 1.82) is 0 Å². The molecule has 6 nitrogen and oxygen atoms in total. The number of hydrogen-bond acceptors (Lipinski definition) is 4. The summed E-state index contributed by atoms with van der Waals surface area (Å²) in [6, 6.07) is 10.2. The summed E-state index contributed by atoms with van der Waals surface area (Å²) in [5.74, 6) is -0.490. The Bertz CT molecular complexity index is 717. The van der Waals surface area contributed by atoms with E-state index in [1.807, 2.05) is 18.2 Å². The molecule has 0 saturated carbocycles. The highest BCUT2D eigenvalue weighted by Crippen LogP contribution is 2.31. The molecule has 0 bridgehead atoms. The molecule has 2 N–H and O–H groups in total. The van der Waals surface area contributed by atoms with E-state index in [1.165, 1.54) is 12.1 Å². The van der Waals surface area contributed by atoms with Gasteiger partial charge in [-0.05, 0) is 32.0 Å². The molecule has 122 valence electrons. The van der Waals surface area contributed by atoms with Crippen LogP contribution in [0.5, 0.6) is 5.75 Å². The maximum absolute atomic E-state index is 12.5. The minimum absolute atomic E-state index is 0.116. The van der Waals surface area contributed by atoms with Crippen LogP contribution in [0.2, 0.25) is 0 Å². The summed E-state index contributed by atoms with van der Waals surface area (Å²) in [6.45, 7) is 3.71. The molecule has 2 rings (SSSR count). The number of rotatable bonds is 6. The highest BCUT2D eigenvalue weighted by molar-refractivity contribution is 5.88. The molecule has 23 heavy (non-hydrogen) atoms. The van der Waals surface area contributed by atoms with Crippen molar-refractivity contribution in [2.24, 2.45) is 0 Å². The number of hydrogen-bond donors (Lipinski definition) is 2. The quantitative estimate of drug-likeness (QED) is 0.855. The van der Waals surface area contributed by atoms with Crippen LogP contribution in [0.3, 0.4) is 0 Å². The standard InChI is InChI=1S/C17H19NO5/c1-17(2,12-6-4-5-7-13(12)22-3)16(21)18-10-11-8-9-14(23-11)15(19)20/h4-9H,10H2,1-3H3,(H,18,21)(H,19,20). The van der Waals surface area contributed by atoms with Gasteiger partial charge in [0.1, 0.15) is 11.5 Å². The molecule has 0 saturated heterocycles. The first-order valence-corrected chi connectivity index (χ1v) is 7.10. The first-order valence-electron chi connectivity index (χ1n) is 7.10. The van der Waals surface area contributed by atoms with Crippen LogP contribution in [0.25, 0.3) is 0 Å². The van der Waals surface area contributed by atoms with Crippen molar-refractivity contribution in [2.45, 2.75) is 25.8 Å². The van der Waals surface area contributed by atoms with Crippen molar-refractivity contribution < 1.29 is 23.8 Å². The molecule has 0 spiro atoms. The number of nitrogens with one attached hydrogen (secondary N) is 1. The van der Waals surface area contributed by atoms with Gasteiger partial charge in [-0.25, -0.2) is 4.79 Å². The maximum Gasteiger partial charge on any atom is 0.371 e. The molecule has 0 radical (unpaired) electrons. The summed E-state index contributed by atoms with van der Waals surface area (Å²) in [7, 11) is 1.56. The third-order valence-corrected chi connectivity index (χ3v) is 3.64. The van der Waals surface area contributed by atoms with Crippen LogP contribution in [-0.2, 0) is 16.8 Å². The number of methoxy groups -OCH3 is 1. The molecule has 0 aliphatic carbocycles. The topological polar surface area (TPSA) is 88.8 Å². The van der Waals surface area contributed by atoms with E-state index < -0.39 is 11.4 Å². The Hall–Kier alpha value is -2.76. The zero-order valence-electron chi connectivity index (χ0n) is 13.3. The van der Waals surface area contributed by atoms with Gasteiger partial charge in [0.15, 0.2) is 0 Å². The normalized spacial score (nSPS) is 11.1. The smallest absolute Gasteiger partial charge is 0.371 e. The number of aromatic carboxylic acids is 1. The fourth-order valence-corrected chi connectivity index (χ4v) is 2.26. The van der Waals surface area contributed by atoms with E-state index >= 15 is 0 Å². The summed E-state index contributed by atoms with van der Waals surface area (Å²) in [4.78, 5) is 23.3. The predicted octanol–water partition coefficient (Wildman–Crippen LogP) is 2.58. The number of benzene rings is 1. The van der Waals surface area contributed by atoms with Gasteiger partial charge in [-0.3, -0.25) is 4.79 Å². The molecule has 1 amide bonds. The number of carbonyl (C=O) groups excluding carboxylic acids is 1. The summed E-state index contributed by atoms with van der Waals surface area (Å²) in [6.07, 6.45) is 0. The number of carboxylic acid groups (broad SMARTS) is 1. The first-order chi connectivity index (χ1) is 10.9. The van der Waals surface area contributed by atoms with Crippen LogP contribution < -0.4 is 10.1 Å². The first kappa shape index (κ1) is 16.6. The summed E-state index contributed by atoms with van der Waals surface area (Å²) in [5, 5.41) is 11.6. The Morgan fingerprint density at radius 3 is 2.52 bits per heavy atom. The van der Waals surface area contributed by atoms with E-state index in [2.05, 4.69) is 5.32 Å². The average molecular weight is 317 g/mol. The molecule has 1 aromatic carbocycles. The summed E-state index contributed by atoms with van der Waals surface area (Å²) >= 11 is 0. The molecule has 0 aliphatic heterocycles. The van der Waals surface area contributed by atoms with E-state index in [0.29, 0.717) is 11.5 Å². The van der Waals surface area contributed by atoms with E-state index in [0.717, 1.165) is 5.56 Å². The number of furan rings is 1. The van der Waals surface area contributed by atoms with Gasteiger partial charge >= 0.3 is 5.97 Å². The van der Waals surface area contributed by atoms with Gasteiger partial charge in [0.25, 0.3) is 0 Å². The Kier molecular flexibility index (Phi) is 4.74. The van der Waals surface area contributed by atoms with Crippen LogP contribution in [0, 0.1) is 0 Å². The van der Waals surface area contributed by atoms with Gasteiger partial charge in [0, 0.05) is 5.56 Å². The second-order valence-electron chi connectivity index (χ2n) is 5.58. The van der Waals surface area contributed by atoms with Gasteiger partial charge in [-0.15, -0.1) is 0 Å². The zero-order valence-corrected chi connectivity index (χ0v) is 13.3. The van der Waals surface area contributed by atoms with Crippen molar-refractivity contribution in [2.75, 3.05) is 7.11 Å². The van der Waals surface area contributed by atoms with Crippen LogP contribution >= 0.6 is 0 Å².